The number of anilines is 1. The van der Waals surface area contributed by atoms with Gasteiger partial charge in [-0.3, -0.25) is 4.79 Å². The lowest BCUT2D eigenvalue weighted by Gasteiger charge is -2.06. The molecule has 124 valence electrons. The second-order valence-corrected chi connectivity index (χ2v) is 6.96. The van der Waals surface area contributed by atoms with Gasteiger partial charge < -0.3 is 10.3 Å². The predicted molar refractivity (Wildman–Crippen MR) is 104 cm³/mol. The van der Waals surface area contributed by atoms with Crippen molar-refractivity contribution in [1.29, 1.82) is 0 Å². The van der Waals surface area contributed by atoms with Crippen LogP contribution in [-0.2, 0) is 6.54 Å². The fourth-order valence-electron chi connectivity index (χ4n) is 2.66. The number of aryl methyl sites for hydroxylation is 1. The van der Waals surface area contributed by atoms with Crippen molar-refractivity contribution in [2.45, 2.75) is 13.5 Å². The summed E-state index contributed by atoms with van der Waals surface area (Å²) in [6.07, 6.45) is 0. The second-order valence-electron chi connectivity index (χ2n) is 5.93. The van der Waals surface area contributed by atoms with E-state index >= 15 is 0 Å². The van der Waals surface area contributed by atoms with Crippen LogP contribution < -0.4 is 10.9 Å². The van der Waals surface area contributed by atoms with Crippen LogP contribution in [0.2, 0.25) is 0 Å². The topological polar surface area (TPSA) is 57.8 Å². The van der Waals surface area contributed by atoms with Crippen LogP contribution >= 0.6 is 11.3 Å². The summed E-state index contributed by atoms with van der Waals surface area (Å²) < 4.78 is 0. The van der Waals surface area contributed by atoms with E-state index in [0.717, 1.165) is 21.0 Å². The summed E-state index contributed by atoms with van der Waals surface area (Å²) in [6, 6.07) is 20.1. The van der Waals surface area contributed by atoms with Crippen LogP contribution in [0.3, 0.4) is 0 Å². The third kappa shape index (κ3) is 3.32. The lowest BCUT2D eigenvalue weighted by Crippen LogP contribution is -2.13. The molecule has 2 N–H and O–H groups in total. The van der Waals surface area contributed by atoms with Crippen LogP contribution in [0.25, 0.3) is 20.7 Å². The Hall–Kier alpha value is -2.92. The Morgan fingerprint density at radius 1 is 1.08 bits per heavy atom. The van der Waals surface area contributed by atoms with E-state index in [1.807, 2.05) is 60.7 Å². The first-order valence-electron chi connectivity index (χ1n) is 8.08. The average Bonchev–Trinajstić information content (AvgIpc) is 3.07. The first kappa shape index (κ1) is 15.6. The van der Waals surface area contributed by atoms with E-state index in [4.69, 9.17) is 0 Å². The van der Waals surface area contributed by atoms with Gasteiger partial charge in [-0.2, -0.15) is 0 Å². The summed E-state index contributed by atoms with van der Waals surface area (Å²) in [4.78, 5) is 21.7. The number of benzene rings is 2. The van der Waals surface area contributed by atoms with Crippen molar-refractivity contribution < 1.29 is 0 Å². The normalized spacial score (nSPS) is 10.9. The molecule has 0 aliphatic rings. The van der Waals surface area contributed by atoms with Crippen LogP contribution in [0.1, 0.15) is 11.4 Å². The van der Waals surface area contributed by atoms with Crippen molar-refractivity contribution in [2.75, 3.05) is 5.32 Å². The lowest BCUT2D eigenvalue weighted by molar-refractivity contribution is 0.957. The Bertz CT molecular complexity index is 1070. The van der Waals surface area contributed by atoms with Crippen LogP contribution in [-0.4, -0.2) is 9.97 Å². The molecule has 2 aromatic carbocycles. The monoisotopic (exact) mass is 347 g/mol. The predicted octanol–water partition coefficient (Wildman–Crippen LogP) is 4.57. The standard InChI is InChI=1S/C20H17N3OS/c1-13-7-9-15(10-8-13)21-12-18-22-19(24)16-11-17(25-20(16)23-18)14-5-3-2-4-6-14/h2-11,21H,12H2,1H3,(H,22,23,24). The van der Waals surface area contributed by atoms with Crippen molar-refractivity contribution in [2.24, 2.45) is 0 Å². The number of hydrogen-bond acceptors (Lipinski definition) is 4. The molecule has 25 heavy (non-hydrogen) atoms. The van der Waals surface area contributed by atoms with Gasteiger partial charge in [-0.05, 0) is 30.7 Å². The highest BCUT2D eigenvalue weighted by Gasteiger charge is 2.10. The highest BCUT2D eigenvalue weighted by atomic mass is 32.1. The molecule has 4 rings (SSSR count). The summed E-state index contributed by atoms with van der Waals surface area (Å²) in [5.74, 6) is 0.638. The fraction of sp³-hybridized carbons (Fsp3) is 0.100. The molecule has 0 atom stereocenters. The fourth-order valence-corrected chi connectivity index (χ4v) is 3.72. The molecular formula is C20H17N3OS. The summed E-state index contributed by atoms with van der Waals surface area (Å²) in [6.45, 7) is 2.53. The molecule has 0 amide bonds. The van der Waals surface area contributed by atoms with Crippen LogP contribution in [0.15, 0.2) is 65.5 Å². The Morgan fingerprint density at radius 2 is 1.84 bits per heavy atom. The molecule has 0 aliphatic carbocycles. The molecule has 2 heterocycles. The number of nitrogens with zero attached hydrogens (tertiary/aromatic N) is 1. The lowest BCUT2D eigenvalue weighted by atomic mass is 10.2. The van der Waals surface area contributed by atoms with E-state index < -0.39 is 0 Å². The van der Waals surface area contributed by atoms with Gasteiger partial charge in [-0.25, -0.2) is 4.98 Å². The zero-order valence-electron chi connectivity index (χ0n) is 13.7. The molecule has 0 radical (unpaired) electrons. The molecule has 0 saturated heterocycles. The SMILES string of the molecule is Cc1ccc(NCc2nc3sc(-c4ccccc4)cc3c(=O)[nH]2)cc1. The number of rotatable bonds is 4. The van der Waals surface area contributed by atoms with Crippen molar-refractivity contribution in [3.8, 4) is 10.4 Å². The second kappa shape index (κ2) is 6.53. The Kier molecular flexibility index (Phi) is 4.07. The van der Waals surface area contributed by atoms with Gasteiger partial charge >= 0.3 is 0 Å². The van der Waals surface area contributed by atoms with Gasteiger partial charge in [0.05, 0.1) is 11.9 Å². The molecular weight excluding hydrogens is 330 g/mol. The molecule has 4 aromatic rings. The quantitative estimate of drug-likeness (QED) is 0.568. The zero-order chi connectivity index (χ0) is 17.2. The maximum Gasteiger partial charge on any atom is 0.259 e. The number of hydrogen-bond donors (Lipinski definition) is 2. The van der Waals surface area contributed by atoms with Crippen molar-refractivity contribution >= 4 is 27.2 Å². The molecule has 0 spiro atoms. The highest BCUT2D eigenvalue weighted by molar-refractivity contribution is 7.21. The van der Waals surface area contributed by atoms with Gasteiger partial charge in [0, 0.05) is 10.6 Å². The minimum atomic E-state index is -0.0934. The van der Waals surface area contributed by atoms with E-state index in [2.05, 4.69) is 22.2 Å². The molecule has 0 aliphatic heterocycles. The largest absolute Gasteiger partial charge is 0.378 e. The van der Waals surface area contributed by atoms with Gasteiger partial charge in [0.15, 0.2) is 0 Å². The third-order valence-electron chi connectivity index (χ3n) is 4.02. The summed E-state index contributed by atoms with van der Waals surface area (Å²) >= 11 is 1.54. The highest BCUT2D eigenvalue weighted by Crippen LogP contribution is 2.30. The Labute approximate surface area is 149 Å². The van der Waals surface area contributed by atoms with E-state index in [1.54, 1.807) is 11.3 Å². The van der Waals surface area contributed by atoms with E-state index in [9.17, 15) is 4.79 Å². The first-order chi connectivity index (χ1) is 12.2. The Morgan fingerprint density at radius 3 is 2.60 bits per heavy atom. The van der Waals surface area contributed by atoms with E-state index in [-0.39, 0.29) is 5.56 Å². The first-order valence-corrected chi connectivity index (χ1v) is 8.89. The third-order valence-corrected chi connectivity index (χ3v) is 5.10. The van der Waals surface area contributed by atoms with Gasteiger partial charge in [0.1, 0.15) is 10.7 Å². The molecule has 4 nitrogen and oxygen atoms in total. The van der Waals surface area contributed by atoms with Crippen LogP contribution in [0.4, 0.5) is 5.69 Å². The van der Waals surface area contributed by atoms with Crippen molar-refractivity contribution in [1.82, 2.24) is 9.97 Å². The average molecular weight is 347 g/mol. The van der Waals surface area contributed by atoms with Crippen LogP contribution in [0, 0.1) is 6.92 Å². The van der Waals surface area contributed by atoms with E-state index in [1.165, 1.54) is 5.56 Å². The Balaban J connectivity index is 1.62. The van der Waals surface area contributed by atoms with Gasteiger partial charge in [0.2, 0.25) is 0 Å². The molecule has 0 bridgehead atoms. The minimum Gasteiger partial charge on any atom is -0.378 e. The zero-order valence-corrected chi connectivity index (χ0v) is 14.6. The number of aromatic amines is 1. The number of H-pyrrole nitrogens is 1. The molecule has 2 aromatic heterocycles. The molecule has 0 unspecified atom stereocenters. The van der Waals surface area contributed by atoms with Gasteiger partial charge in [-0.15, -0.1) is 11.3 Å². The number of nitrogens with one attached hydrogen (secondary N) is 2. The number of aromatic nitrogens is 2. The maximum atomic E-state index is 12.4. The molecule has 0 fully saturated rings. The van der Waals surface area contributed by atoms with E-state index in [0.29, 0.717) is 17.8 Å². The minimum absolute atomic E-state index is 0.0934. The number of fused-ring (bicyclic) bond motifs is 1. The van der Waals surface area contributed by atoms with Crippen molar-refractivity contribution in [3.63, 3.8) is 0 Å². The van der Waals surface area contributed by atoms with Gasteiger partial charge in [0.25, 0.3) is 5.56 Å². The van der Waals surface area contributed by atoms with Crippen molar-refractivity contribution in [3.05, 3.63) is 82.4 Å². The molecule has 0 saturated carbocycles. The summed E-state index contributed by atoms with van der Waals surface area (Å²) in [5, 5.41) is 3.93. The number of thiophene rings is 1. The molecule has 5 heteroatoms. The van der Waals surface area contributed by atoms with Gasteiger partial charge in [-0.1, -0.05) is 48.0 Å². The maximum absolute atomic E-state index is 12.4. The smallest absolute Gasteiger partial charge is 0.259 e. The summed E-state index contributed by atoms with van der Waals surface area (Å²) in [7, 11) is 0. The summed E-state index contributed by atoms with van der Waals surface area (Å²) in [5.41, 5.74) is 3.23. The van der Waals surface area contributed by atoms with Crippen LogP contribution in [0.5, 0.6) is 0 Å².